The van der Waals surface area contributed by atoms with Gasteiger partial charge in [0.2, 0.25) is 17.7 Å². The van der Waals surface area contributed by atoms with Crippen molar-refractivity contribution in [1.29, 1.82) is 0 Å². The average molecular weight is 744 g/mol. The van der Waals surface area contributed by atoms with Crippen LogP contribution in [0.3, 0.4) is 0 Å². The van der Waals surface area contributed by atoms with Crippen LogP contribution < -0.4 is 21.7 Å². The van der Waals surface area contributed by atoms with Gasteiger partial charge in [-0.25, -0.2) is 9.97 Å². The van der Waals surface area contributed by atoms with Crippen molar-refractivity contribution in [3.8, 4) is 11.3 Å². The number of aromatic nitrogens is 2. The quantitative estimate of drug-likeness (QED) is 0.131. The number of nitrogens with zero attached hydrogens (tertiary/aromatic N) is 5. The smallest absolute Gasteiger partial charge is 0.278 e. The molecule has 2 saturated heterocycles. The number of fused-ring (bicyclic) bond motifs is 1. The minimum Gasteiger partial charge on any atom is -0.382 e. The molecule has 3 aliphatic rings. The number of carbonyl (C=O) groups is 6. The fraction of sp³-hybridized carbons (Fsp3) is 0.300. The van der Waals surface area contributed by atoms with Crippen molar-refractivity contribution in [2.24, 2.45) is 0 Å². The summed E-state index contributed by atoms with van der Waals surface area (Å²) in [6, 6.07) is 20.5. The fourth-order valence-corrected chi connectivity index (χ4v) is 7.09. The zero-order chi connectivity index (χ0) is 38.5. The van der Waals surface area contributed by atoms with E-state index in [1.165, 1.54) is 11.1 Å². The molecule has 2 fully saturated rings. The van der Waals surface area contributed by atoms with E-state index in [9.17, 15) is 28.8 Å². The van der Waals surface area contributed by atoms with E-state index in [4.69, 9.17) is 5.73 Å². The zero-order valence-corrected chi connectivity index (χ0v) is 30.1. The number of nitrogens with one attached hydrogen (secondary N) is 3. The van der Waals surface area contributed by atoms with E-state index in [1.54, 1.807) is 54.6 Å². The first kappa shape index (κ1) is 36.9. The minimum absolute atomic E-state index is 0.0121. The van der Waals surface area contributed by atoms with Crippen LogP contribution in [0.25, 0.3) is 11.3 Å². The Kier molecular flexibility index (Phi) is 10.9. The Balaban J connectivity index is 0.843. The second-order valence-corrected chi connectivity index (χ2v) is 13.8. The van der Waals surface area contributed by atoms with Crippen LogP contribution in [0.1, 0.15) is 68.9 Å². The summed E-state index contributed by atoms with van der Waals surface area (Å²) in [6.45, 7) is 3.59. The van der Waals surface area contributed by atoms with Gasteiger partial charge in [-0.3, -0.25) is 39.0 Å². The van der Waals surface area contributed by atoms with Crippen molar-refractivity contribution < 1.29 is 28.8 Å². The maximum Gasteiger partial charge on any atom is 0.278 e. The number of nitrogen functional groups attached to an aromatic ring is 1. The topological polar surface area (TPSA) is 200 Å². The van der Waals surface area contributed by atoms with Crippen LogP contribution >= 0.6 is 0 Å². The monoisotopic (exact) mass is 743 g/mol. The molecule has 1 aromatic heterocycles. The summed E-state index contributed by atoms with van der Waals surface area (Å²) in [7, 11) is 0. The van der Waals surface area contributed by atoms with Crippen LogP contribution in [0.15, 0.2) is 79.0 Å². The van der Waals surface area contributed by atoms with Gasteiger partial charge in [0.25, 0.3) is 17.7 Å². The molecule has 282 valence electrons. The first-order valence-corrected chi connectivity index (χ1v) is 18.3. The van der Waals surface area contributed by atoms with Gasteiger partial charge in [-0.05, 0) is 62.2 Å². The van der Waals surface area contributed by atoms with E-state index >= 15 is 0 Å². The fourth-order valence-electron chi connectivity index (χ4n) is 7.09. The number of para-hydroxylation sites is 1. The number of hydrogen-bond donors (Lipinski definition) is 4. The van der Waals surface area contributed by atoms with Gasteiger partial charge >= 0.3 is 0 Å². The number of anilines is 3. The molecule has 0 saturated carbocycles. The number of amides is 6. The Morgan fingerprint density at radius 3 is 2.38 bits per heavy atom. The molecule has 55 heavy (non-hydrogen) atoms. The highest BCUT2D eigenvalue weighted by Crippen LogP contribution is 2.32. The first-order valence-electron chi connectivity index (χ1n) is 18.3. The van der Waals surface area contributed by atoms with Gasteiger partial charge in [0.05, 0.1) is 11.9 Å². The van der Waals surface area contributed by atoms with E-state index < -0.39 is 17.9 Å². The summed E-state index contributed by atoms with van der Waals surface area (Å²) in [6.07, 6.45) is 3.73. The van der Waals surface area contributed by atoms with Crippen molar-refractivity contribution >= 4 is 52.6 Å². The van der Waals surface area contributed by atoms with Gasteiger partial charge in [0.15, 0.2) is 11.5 Å². The number of unbranched alkanes of at least 4 members (excludes halogenated alkanes) is 1. The molecule has 0 bridgehead atoms. The minimum atomic E-state index is -0.720. The van der Waals surface area contributed by atoms with Crippen LogP contribution in [0.5, 0.6) is 0 Å². The molecule has 3 aliphatic heterocycles. The van der Waals surface area contributed by atoms with E-state index in [-0.39, 0.29) is 54.5 Å². The summed E-state index contributed by atoms with van der Waals surface area (Å²) in [5.41, 5.74) is 9.96. The Hall–Kier alpha value is -6.48. The summed E-state index contributed by atoms with van der Waals surface area (Å²) >= 11 is 0. The van der Waals surface area contributed by atoms with Crippen molar-refractivity contribution in [3.63, 3.8) is 0 Å². The Morgan fingerprint density at radius 1 is 0.873 bits per heavy atom. The Bertz CT molecular complexity index is 2130. The van der Waals surface area contributed by atoms with Crippen LogP contribution in [0.4, 0.5) is 17.2 Å². The number of carbonyl (C=O) groups excluding carboxylic acids is 6. The third kappa shape index (κ3) is 8.36. The van der Waals surface area contributed by atoms with Crippen LogP contribution in [-0.2, 0) is 20.9 Å². The third-order valence-electron chi connectivity index (χ3n) is 10.1. The lowest BCUT2D eigenvalue weighted by Crippen LogP contribution is -2.52. The second kappa shape index (κ2) is 16.3. The van der Waals surface area contributed by atoms with E-state index in [2.05, 4.69) is 30.8 Å². The predicted octanol–water partition coefficient (Wildman–Crippen LogP) is 3.31. The number of imide groups is 1. The summed E-state index contributed by atoms with van der Waals surface area (Å²) in [5.74, 6) is -1.78. The molecular weight excluding hydrogens is 702 g/mol. The van der Waals surface area contributed by atoms with Crippen LogP contribution in [-0.4, -0.2) is 98.9 Å². The van der Waals surface area contributed by atoms with Gasteiger partial charge in [0.1, 0.15) is 6.04 Å². The largest absolute Gasteiger partial charge is 0.382 e. The lowest BCUT2D eigenvalue weighted by Gasteiger charge is -2.34. The highest BCUT2D eigenvalue weighted by molar-refractivity contribution is 6.07. The molecule has 1 unspecified atom stereocenters. The number of nitrogens with two attached hydrogens (primary N) is 1. The molecule has 15 heteroatoms. The number of hydrogen-bond acceptors (Lipinski definition) is 10. The molecule has 6 amide bonds. The number of rotatable bonds is 11. The van der Waals surface area contributed by atoms with Crippen molar-refractivity contribution in [3.05, 3.63) is 101 Å². The van der Waals surface area contributed by atoms with Gasteiger partial charge < -0.3 is 26.2 Å². The first-order chi connectivity index (χ1) is 26.6. The molecule has 7 rings (SSSR count). The second-order valence-electron chi connectivity index (χ2n) is 13.8. The van der Waals surface area contributed by atoms with Gasteiger partial charge in [0, 0.05) is 79.2 Å². The average Bonchev–Trinajstić information content (AvgIpc) is 3.53. The third-order valence-corrected chi connectivity index (χ3v) is 10.1. The van der Waals surface area contributed by atoms with E-state index in [1.807, 2.05) is 23.1 Å². The predicted molar refractivity (Wildman–Crippen MR) is 204 cm³/mol. The van der Waals surface area contributed by atoms with Gasteiger partial charge in [-0.15, -0.1) is 0 Å². The lowest BCUT2D eigenvalue weighted by molar-refractivity contribution is -0.137. The van der Waals surface area contributed by atoms with E-state index in [0.717, 1.165) is 26.1 Å². The lowest BCUT2D eigenvalue weighted by atomic mass is 10.0. The molecule has 1 atom stereocenters. The highest BCUT2D eigenvalue weighted by atomic mass is 16.2. The number of piperazine rings is 1. The van der Waals surface area contributed by atoms with Crippen LogP contribution in [0, 0.1) is 0 Å². The summed E-state index contributed by atoms with van der Waals surface area (Å²) in [5, 5.41) is 8.02. The maximum absolute atomic E-state index is 13.3. The van der Waals surface area contributed by atoms with Crippen molar-refractivity contribution in [2.75, 3.05) is 49.1 Å². The normalized spacial score (nSPS) is 17.1. The molecule has 15 nitrogen and oxygen atoms in total. The van der Waals surface area contributed by atoms with Crippen molar-refractivity contribution in [1.82, 2.24) is 30.0 Å². The molecule has 0 spiro atoms. The molecule has 4 aromatic rings. The highest BCUT2D eigenvalue weighted by Gasteiger charge is 2.40. The van der Waals surface area contributed by atoms with Gasteiger partial charge in [-0.1, -0.05) is 36.4 Å². The molecule has 4 heterocycles. The summed E-state index contributed by atoms with van der Waals surface area (Å²) < 4.78 is 0. The van der Waals surface area contributed by atoms with Gasteiger partial charge in [-0.2, -0.15) is 0 Å². The SMILES string of the molecule is Nc1ncc(-c2ccc(C(=O)N3CCN(CCCCC(=O)Nc4cccc5c4CN(C4CCC(=O)NC4=O)C5=O)CC3)cc2)nc1C(=O)Nc1ccccc1. The standard InChI is InChI=1S/C40H41N9O6/c41-36-35(38(53)43-27-7-2-1-3-8-27)45-31(23-42-36)25-12-14-26(15-13-25)39(54)48-21-19-47(20-22-48)18-5-4-11-33(50)44-30-10-6-9-28-29(30)24-49(40(28)55)32-16-17-34(51)46-37(32)52/h1-3,6-10,12-15,23,32H,4-5,11,16-22,24H2,(H2,41,42)(H,43,53)(H,44,50)(H,46,51,52). The number of benzene rings is 3. The van der Waals surface area contributed by atoms with E-state index in [0.29, 0.717) is 65.3 Å². The molecule has 0 radical (unpaired) electrons. The van der Waals surface area contributed by atoms with Crippen LogP contribution in [0.2, 0.25) is 0 Å². The maximum atomic E-state index is 13.3. The molecule has 3 aromatic carbocycles. The summed E-state index contributed by atoms with van der Waals surface area (Å²) in [4.78, 5) is 90.3. The van der Waals surface area contributed by atoms with Crippen molar-refractivity contribution in [2.45, 2.75) is 44.7 Å². The molecular formula is C40H41N9O6. The zero-order valence-electron chi connectivity index (χ0n) is 30.1. The Morgan fingerprint density at radius 2 is 1.64 bits per heavy atom. The molecule has 5 N–H and O–H groups in total. The Labute approximate surface area is 317 Å². The molecule has 0 aliphatic carbocycles. The number of piperidine rings is 1.